The maximum absolute atomic E-state index is 5.75. The molecule has 1 aromatic carbocycles. The number of ether oxygens (including phenoxy) is 1. The van der Waals surface area contributed by atoms with Crippen molar-refractivity contribution >= 4 is 17.9 Å². The summed E-state index contributed by atoms with van der Waals surface area (Å²) >= 11 is 5.75. The van der Waals surface area contributed by atoms with Crippen molar-refractivity contribution in [2.24, 2.45) is 4.99 Å². The van der Waals surface area contributed by atoms with E-state index in [0.29, 0.717) is 12.6 Å². The highest BCUT2D eigenvalue weighted by atomic mass is 35.5. The topological polar surface area (TPSA) is 33.6 Å². The number of rotatable bonds is 3. The van der Waals surface area contributed by atoms with Gasteiger partial charge in [-0.3, -0.25) is 4.99 Å². The molecule has 2 rings (SSSR count). The fraction of sp³-hybridized carbons (Fsp3) is 0.300. The van der Waals surface area contributed by atoms with Crippen LogP contribution in [-0.2, 0) is 0 Å². The molecule has 74 valence electrons. The van der Waals surface area contributed by atoms with E-state index in [1.54, 1.807) is 6.34 Å². The third-order valence-corrected chi connectivity index (χ3v) is 2.24. The number of nitrogens with one attached hydrogen (secondary N) is 1. The summed E-state index contributed by atoms with van der Waals surface area (Å²) in [5.41, 5.74) is 0. The van der Waals surface area contributed by atoms with Crippen LogP contribution in [0.1, 0.15) is 0 Å². The second-order valence-corrected chi connectivity index (χ2v) is 3.56. The van der Waals surface area contributed by atoms with Crippen LogP contribution in [0.2, 0.25) is 5.02 Å². The molecule has 1 heterocycles. The molecule has 0 amide bonds. The molecule has 0 aliphatic carbocycles. The molecule has 0 aromatic heterocycles. The van der Waals surface area contributed by atoms with Gasteiger partial charge in [-0.25, -0.2) is 0 Å². The normalized spacial score (nSPS) is 19.4. The lowest BCUT2D eigenvalue weighted by Crippen LogP contribution is -2.31. The Bertz CT molecular complexity index is 315. The Kier molecular flexibility index (Phi) is 2.89. The van der Waals surface area contributed by atoms with E-state index in [-0.39, 0.29) is 0 Å². The van der Waals surface area contributed by atoms with Gasteiger partial charge in [-0.2, -0.15) is 0 Å². The minimum Gasteiger partial charge on any atom is -0.491 e. The second kappa shape index (κ2) is 4.33. The number of hydrogen-bond acceptors (Lipinski definition) is 3. The highest BCUT2D eigenvalue weighted by molar-refractivity contribution is 6.30. The van der Waals surface area contributed by atoms with E-state index in [2.05, 4.69) is 10.3 Å². The molecule has 0 saturated heterocycles. The highest BCUT2D eigenvalue weighted by Crippen LogP contribution is 2.15. The summed E-state index contributed by atoms with van der Waals surface area (Å²) < 4.78 is 5.54. The van der Waals surface area contributed by atoms with Gasteiger partial charge < -0.3 is 10.1 Å². The standard InChI is InChI=1S/C10H11ClN2O/c11-8-1-3-10(4-2-8)14-6-9-5-12-7-13-9/h1-4,7,9H,5-6H2,(H,12,13). The Labute approximate surface area is 87.7 Å². The molecule has 0 saturated carbocycles. The van der Waals surface area contributed by atoms with Crippen molar-refractivity contribution in [3.8, 4) is 5.75 Å². The van der Waals surface area contributed by atoms with E-state index in [4.69, 9.17) is 16.3 Å². The molecule has 1 aliphatic heterocycles. The number of benzene rings is 1. The van der Waals surface area contributed by atoms with Crippen molar-refractivity contribution in [1.82, 2.24) is 5.32 Å². The predicted octanol–water partition coefficient (Wildman–Crippen LogP) is 1.72. The lowest BCUT2D eigenvalue weighted by molar-refractivity contribution is 0.286. The molecule has 3 nitrogen and oxygen atoms in total. The first-order valence-corrected chi connectivity index (χ1v) is 4.85. The molecule has 14 heavy (non-hydrogen) atoms. The molecule has 1 unspecified atom stereocenters. The smallest absolute Gasteiger partial charge is 0.119 e. The highest BCUT2D eigenvalue weighted by Gasteiger charge is 2.10. The SMILES string of the molecule is Clc1ccc(OCC2CN=CN2)cc1. The molecule has 0 radical (unpaired) electrons. The molecule has 1 aliphatic rings. The molecule has 0 bridgehead atoms. The lowest BCUT2D eigenvalue weighted by Gasteiger charge is -2.11. The Morgan fingerprint density at radius 2 is 2.21 bits per heavy atom. The maximum Gasteiger partial charge on any atom is 0.119 e. The van der Waals surface area contributed by atoms with E-state index in [9.17, 15) is 0 Å². The largest absolute Gasteiger partial charge is 0.491 e. The minimum absolute atomic E-state index is 0.297. The second-order valence-electron chi connectivity index (χ2n) is 3.12. The van der Waals surface area contributed by atoms with Crippen LogP contribution < -0.4 is 10.1 Å². The Hall–Kier alpha value is -1.22. The van der Waals surface area contributed by atoms with Crippen molar-refractivity contribution in [2.75, 3.05) is 13.2 Å². The van der Waals surface area contributed by atoms with Gasteiger partial charge >= 0.3 is 0 Å². The minimum atomic E-state index is 0.297. The number of halogens is 1. The van der Waals surface area contributed by atoms with E-state index >= 15 is 0 Å². The van der Waals surface area contributed by atoms with E-state index in [0.717, 1.165) is 17.3 Å². The fourth-order valence-electron chi connectivity index (χ4n) is 1.22. The van der Waals surface area contributed by atoms with Gasteiger partial charge in [0.05, 0.1) is 18.9 Å². The number of aliphatic imine (C=N–C) groups is 1. The molecule has 1 aromatic rings. The van der Waals surface area contributed by atoms with Gasteiger partial charge in [0.2, 0.25) is 0 Å². The monoisotopic (exact) mass is 210 g/mol. The molecular weight excluding hydrogens is 200 g/mol. The van der Waals surface area contributed by atoms with Crippen LogP contribution >= 0.6 is 11.6 Å². The molecule has 0 fully saturated rings. The van der Waals surface area contributed by atoms with Gasteiger partial charge in [-0.05, 0) is 24.3 Å². The van der Waals surface area contributed by atoms with Gasteiger partial charge in [0.25, 0.3) is 0 Å². The van der Waals surface area contributed by atoms with Gasteiger partial charge in [-0.1, -0.05) is 11.6 Å². The van der Waals surface area contributed by atoms with E-state index in [1.807, 2.05) is 24.3 Å². The average molecular weight is 211 g/mol. The van der Waals surface area contributed by atoms with Crippen LogP contribution in [0.3, 0.4) is 0 Å². The first kappa shape index (κ1) is 9.34. The lowest BCUT2D eigenvalue weighted by atomic mass is 10.3. The Morgan fingerprint density at radius 1 is 1.43 bits per heavy atom. The molecule has 1 N–H and O–H groups in total. The van der Waals surface area contributed by atoms with Crippen molar-refractivity contribution in [1.29, 1.82) is 0 Å². The number of nitrogens with zero attached hydrogens (tertiary/aromatic N) is 1. The van der Waals surface area contributed by atoms with E-state index < -0.39 is 0 Å². The summed E-state index contributed by atoms with van der Waals surface area (Å²) in [6.45, 7) is 1.41. The summed E-state index contributed by atoms with van der Waals surface area (Å²) in [7, 11) is 0. The summed E-state index contributed by atoms with van der Waals surface area (Å²) in [5, 5.41) is 3.82. The first-order chi connectivity index (χ1) is 6.84. The summed E-state index contributed by atoms with van der Waals surface area (Å²) in [5.74, 6) is 0.836. The third-order valence-electron chi connectivity index (χ3n) is 1.99. The van der Waals surface area contributed by atoms with Gasteiger partial charge in [0.15, 0.2) is 0 Å². The van der Waals surface area contributed by atoms with Crippen LogP contribution in [0.4, 0.5) is 0 Å². The maximum atomic E-state index is 5.75. The van der Waals surface area contributed by atoms with Gasteiger partial charge in [0, 0.05) is 5.02 Å². The van der Waals surface area contributed by atoms with Crippen LogP contribution in [-0.4, -0.2) is 25.5 Å². The van der Waals surface area contributed by atoms with Crippen LogP contribution in [0.15, 0.2) is 29.3 Å². The zero-order valence-electron chi connectivity index (χ0n) is 7.61. The van der Waals surface area contributed by atoms with Crippen LogP contribution in [0.25, 0.3) is 0 Å². The quantitative estimate of drug-likeness (QED) is 0.824. The molecule has 4 heteroatoms. The summed E-state index contributed by atoms with van der Waals surface area (Å²) in [6, 6.07) is 7.65. The molecular formula is C10H11ClN2O. The molecule has 1 atom stereocenters. The zero-order chi connectivity index (χ0) is 9.80. The van der Waals surface area contributed by atoms with Crippen molar-refractivity contribution in [3.63, 3.8) is 0 Å². The van der Waals surface area contributed by atoms with Crippen LogP contribution in [0.5, 0.6) is 5.75 Å². The fourth-order valence-corrected chi connectivity index (χ4v) is 1.35. The van der Waals surface area contributed by atoms with Crippen molar-refractivity contribution in [3.05, 3.63) is 29.3 Å². The van der Waals surface area contributed by atoms with Crippen LogP contribution in [0, 0.1) is 0 Å². The van der Waals surface area contributed by atoms with Crippen molar-refractivity contribution < 1.29 is 4.74 Å². The van der Waals surface area contributed by atoms with E-state index in [1.165, 1.54) is 0 Å². The number of hydrogen-bond donors (Lipinski definition) is 1. The summed E-state index contributed by atoms with van der Waals surface area (Å²) in [6.07, 6.45) is 1.72. The Balaban J connectivity index is 1.82. The first-order valence-electron chi connectivity index (χ1n) is 4.47. The molecule has 0 spiro atoms. The predicted molar refractivity (Wildman–Crippen MR) is 57.2 cm³/mol. The van der Waals surface area contributed by atoms with Crippen molar-refractivity contribution in [2.45, 2.75) is 6.04 Å². The van der Waals surface area contributed by atoms with Gasteiger partial charge in [0.1, 0.15) is 12.4 Å². The summed E-state index contributed by atoms with van der Waals surface area (Å²) in [4.78, 5) is 4.05. The average Bonchev–Trinajstić information content (AvgIpc) is 2.70. The van der Waals surface area contributed by atoms with Gasteiger partial charge in [-0.15, -0.1) is 0 Å². The Morgan fingerprint density at radius 3 is 2.86 bits per heavy atom. The zero-order valence-corrected chi connectivity index (χ0v) is 8.37. The third kappa shape index (κ3) is 2.39.